The molecule has 0 radical (unpaired) electrons. The minimum atomic E-state index is -0.363. The Labute approximate surface area is 187 Å². The van der Waals surface area contributed by atoms with Crippen LogP contribution < -0.4 is 5.32 Å². The first-order valence-electron chi connectivity index (χ1n) is 10.2. The summed E-state index contributed by atoms with van der Waals surface area (Å²) in [7, 11) is 0. The van der Waals surface area contributed by atoms with Crippen molar-refractivity contribution in [2.24, 2.45) is 11.3 Å². The number of rotatable bonds is 5. The van der Waals surface area contributed by atoms with Crippen molar-refractivity contribution in [3.63, 3.8) is 0 Å². The molecule has 160 valence electrons. The van der Waals surface area contributed by atoms with Gasteiger partial charge in [-0.3, -0.25) is 4.79 Å². The van der Waals surface area contributed by atoms with Gasteiger partial charge in [0.1, 0.15) is 5.00 Å². The third-order valence-electron chi connectivity index (χ3n) is 5.48. The number of hydrogen-bond donors (Lipinski definition) is 1. The van der Waals surface area contributed by atoms with Gasteiger partial charge in [-0.1, -0.05) is 44.5 Å². The topological polar surface area (TPSA) is 55.4 Å². The van der Waals surface area contributed by atoms with E-state index < -0.39 is 0 Å². The maximum absolute atomic E-state index is 12.7. The minimum Gasteiger partial charge on any atom is -0.462 e. The van der Waals surface area contributed by atoms with E-state index in [0.29, 0.717) is 28.1 Å². The number of thiophene rings is 1. The average molecular weight is 446 g/mol. The molecule has 0 saturated carbocycles. The standard InChI is InChI=1S/C24H28ClNO3S/c1-5-29-23(28)21-18-11-10-16(24(2,3)4)14-19(18)30-22(21)26-20(27)12-9-15-7-6-8-17(25)13-15/h6-9,12-13,16H,5,10-11,14H2,1-4H3,(H,26,27)/b12-9-/t16-/m1/s1. The number of halogens is 1. The lowest BCUT2D eigenvalue weighted by Gasteiger charge is -2.33. The van der Waals surface area contributed by atoms with Crippen molar-refractivity contribution in [1.29, 1.82) is 0 Å². The van der Waals surface area contributed by atoms with Gasteiger partial charge < -0.3 is 10.1 Å². The summed E-state index contributed by atoms with van der Waals surface area (Å²) in [5.41, 5.74) is 2.60. The average Bonchev–Trinajstić information content (AvgIpc) is 3.03. The number of hydrogen-bond acceptors (Lipinski definition) is 4. The molecule has 30 heavy (non-hydrogen) atoms. The van der Waals surface area contributed by atoms with Crippen molar-refractivity contribution in [3.8, 4) is 0 Å². The fourth-order valence-electron chi connectivity index (χ4n) is 3.77. The molecule has 1 N–H and O–H groups in total. The Hall–Kier alpha value is -2.11. The summed E-state index contributed by atoms with van der Waals surface area (Å²) in [5.74, 6) is -0.102. The summed E-state index contributed by atoms with van der Waals surface area (Å²) in [6.45, 7) is 8.86. The van der Waals surface area contributed by atoms with Crippen molar-refractivity contribution in [2.75, 3.05) is 11.9 Å². The van der Waals surface area contributed by atoms with Crippen LogP contribution in [0, 0.1) is 11.3 Å². The molecule has 3 rings (SSSR count). The number of nitrogens with one attached hydrogen (secondary N) is 1. The number of amides is 1. The number of anilines is 1. The van der Waals surface area contributed by atoms with E-state index in [0.717, 1.165) is 30.4 Å². The van der Waals surface area contributed by atoms with Gasteiger partial charge in [0.05, 0.1) is 12.2 Å². The smallest absolute Gasteiger partial charge is 0.341 e. The largest absolute Gasteiger partial charge is 0.462 e. The number of esters is 1. The molecule has 0 saturated heterocycles. The number of fused-ring (bicyclic) bond motifs is 1. The molecule has 4 nitrogen and oxygen atoms in total. The molecule has 1 heterocycles. The molecule has 1 aliphatic carbocycles. The summed E-state index contributed by atoms with van der Waals surface area (Å²) in [4.78, 5) is 26.4. The second-order valence-corrected chi connectivity index (χ2v) is 10.2. The SMILES string of the molecule is CCOC(=O)c1c(NC(=O)/C=C\c2cccc(Cl)c2)sc2c1CC[C@@H](C(C)(C)C)C2. The highest BCUT2D eigenvalue weighted by Crippen LogP contribution is 2.44. The van der Waals surface area contributed by atoms with Crippen LogP contribution in [-0.2, 0) is 22.4 Å². The Morgan fingerprint density at radius 3 is 2.77 bits per heavy atom. The molecular formula is C24H28ClNO3S. The molecule has 1 aliphatic rings. The van der Waals surface area contributed by atoms with E-state index in [2.05, 4.69) is 26.1 Å². The van der Waals surface area contributed by atoms with Crippen LogP contribution in [0.15, 0.2) is 30.3 Å². The van der Waals surface area contributed by atoms with Crippen LogP contribution in [0.2, 0.25) is 5.02 Å². The number of carbonyl (C=O) groups is 2. The third-order valence-corrected chi connectivity index (χ3v) is 6.89. The summed E-state index contributed by atoms with van der Waals surface area (Å²) in [6, 6.07) is 7.27. The zero-order chi connectivity index (χ0) is 21.9. The van der Waals surface area contributed by atoms with Crippen LogP contribution in [0.4, 0.5) is 5.00 Å². The Kier molecular flexibility index (Phi) is 7.04. The molecule has 0 aliphatic heterocycles. The number of benzene rings is 1. The molecule has 1 aromatic heterocycles. The van der Waals surface area contributed by atoms with E-state index in [1.165, 1.54) is 22.3 Å². The Balaban J connectivity index is 1.85. The molecule has 0 unspecified atom stereocenters. The van der Waals surface area contributed by atoms with E-state index in [-0.39, 0.29) is 17.3 Å². The normalized spacial score (nSPS) is 16.4. The summed E-state index contributed by atoms with van der Waals surface area (Å²) in [6.07, 6.45) is 5.94. The third kappa shape index (κ3) is 5.32. The highest BCUT2D eigenvalue weighted by Gasteiger charge is 2.34. The molecule has 0 fully saturated rings. The van der Waals surface area contributed by atoms with E-state index in [1.54, 1.807) is 25.1 Å². The summed E-state index contributed by atoms with van der Waals surface area (Å²) in [5, 5.41) is 4.09. The first kappa shape index (κ1) is 22.6. The van der Waals surface area contributed by atoms with Gasteiger partial charge in [0, 0.05) is 16.0 Å². The lowest BCUT2D eigenvalue weighted by atomic mass is 9.72. The van der Waals surface area contributed by atoms with Gasteiger partial charge >= 0.3 is 5.97 Å². The van der Waals surface area contributed by atoms with Crippen LogP contribution in [0.25, 0.3) is 6.08 Å². The Bertz CT molecular complexity index is 971. The fraction of sp³-hybridized carbons (Fsp3) is 0.417. The van der Waals surface area contributed by atoms with Gasteiger partial charge in [-0.25, -0.2) is 4.79 Å². The molecule has 6 heteroatoms. The van der Waals surface area contributed by atoms with Crippen molar-refractivity contribution in [1.82, 2.24) is 0 Å². The highest BCUT2D eigenvalue weighted by molar-refractivity contribution is 7.17. The molecular weight excluding hydrogens is 418 g/mol. The van der Waals surface area contributed by atoms with Gasteiger partial charge in [0.25, 0.3) is 0 Å². The first-order valence-corrected chi connectivity index (χ1v) is 11.4. The predicted molar refractivity (Wildman–Crippen MR) is 124 cm³/mol. The second-order valence-electron chi connectivity index (χ2n) is 8.61. The Morgan fingerprint density at radius 2 is 2.10 bits per heavy atom. The van der Waals surface area contributed by atoms with Gasteiger partial charge in [-0.2, -0.15) is 0 Å². The van der Waals surface area contributed by atoms with Gasteiger partial charge in [0.15, 0.2) is 0 Å². The van der Waals surface area contributed by atoms with Crippen molar-refractivity contribution >= 4 is 45.9 Å². The lowest BCUT2D eigenvalue weighted by Crippen LogP contribution is -2.26. The van der Waals surface area contributed by atoms with E-state index in [4.69, 9.17) is 16.3 Å². The maximum atomic E-state index is 12.7. The number of carbonyl (C=O) groups excluding carboxylic acids is 2. The zero-order valence-electron chi connectivity index (χ0n) is 17.9. The maximum Gasteiger partial charge on any atom is 0.341 e. The van der Waals surface area contributed by atoms with E-state index in [1.807, 2.05) is 12.1 Å². The van der Waals surface area contributed by atoms with Gasteiger partial charge in [-0.15, -0.1) is 11.3 Å². The molecule has 0 spiro atoms. The minimum absolute atomic E-state index is 0.203. The zero-order valence-corrected chi connectivity index (χ0v) is 19.5. The van der Waals surface area contributed by atoms with Crippen LogP contribution >= 0.6 is 22.9 Å². The molecule has 1 amide bonds. The summed E-state index contributed by atoms with van der Waals surface area (Å²) >= 11 is 7.49. The monoisotopic (exact) mass is 445 g/mol. The van der Waals surface area contributed by atoms with Crippen molar-refractivity contribution in [2.45, 2.75) is 47.0 Å². The van der Waals surface area contributed by atoms with Crippen LogP contribution in [-0.4, -0.2) is 18.5 Å². The van der Waals surface area contributed by atoms with Gasteiger partial charge in [-0.05, 0) is 66.9 Å². The van der Waals surface area contributed by atoms with Gasteiger partial charge in [0.2, 0.25) is 5.91 Å². The van der Waals surface area contributed by atoms with E-state index >= 15 is 0 Å². The van der Waals surface area contributed by atoms with Crippen molar-refractivity contribution < 1.29 is 14.3 Å². The quantitative estimate of drug-likeness (QED) is 0.429. The molecule has 1 atom stereocenters. The second kappa shape index (κ2) is 9.36. The fourth-order valence-corrected chi connectivity index (χ4v) is 5.29. The summed E-state index contributed by atoms with van der Waals surface area (Å²) < 4.78 is 5.29. The molecule has 2 aromatic rings. The molecule has 1 aromatic carbocycles. The first-order chi connectivity index (χ1) is 14.2. The van der Waals surface area contributed by atoms with Crippen LogP contribution in [0.1, 0.15) is 60.5 Å². The van der Waals surface area contributed by atoms with Crippen molar-refractivity contribution in [3.05, 3.63) is 56.9 Å². The Morgan fingerprint density at radius 1 is 1.33 bits per heavy atom. The number of ether oxygens (including phenoxy) is 1. The highest BCUT2D eigenvalue weighted by atomic mass is 35.5. The van der Waals surface area contributed by atoms with E-state index in [9.17, 15) is 9.59 Å². The predicted octanol–water partition coefficient (Wildman–Crippen LogP) is 6.38. The van der Waals surface area contributed by atoms with Crippen LogP contribution in [0.5, 0.6) is 0 Å². The van der Waals surface area contributed by atoms with Crippen LogP contribution in [0.3, 0.4) is 0 Å². The lowest BCUT2D eigenvalue weighted by molar-refractivity contribution is -0.111. The molecule has 0 bridgehead atoms.